The van der Waals surface area contributed by atoms with Crippen molar-refractivity contribution >= 4 is 49.7 Å². The third-order valence-corrected chi connectivity index (χ3v) is 1.50. The van der Waals surface area contributed by atoms with Gasteiger partial charge in [0.05, 0.1) is 0 Å². The van der Waals surface area contributed by atoms with Crippen molar-refractivity contribution in [1.29, 1.82) is 0 Å². The van der Waals surface area contributed by atoms with Crippen LogP contribution in [0.15, 0.2) is 0 Å². The van der Waals surface area contributed by atoms with Crippen LogP contribution in [0.25, 0.3) is 0 Å². The fourth-order valence-electron chi connectivity index (χ4n) is 0.666. The molecule has 0 unspecified atom stereocenters. The molecule has 0 bridgehead atoms. The molecule has 0 aromatic rings. The number of aliphatic hydroxyl groups is 4. The van der Waals surface area contributed by atoms with E-state index >= 15 is 0 Å². The van der Waals surface area contributed by atoms with Crippen LogP contribution in [-0.2, 0) is 9.59 Å². The minimum atomic E-state index is -2.36. The molecule has 15 heavy (non-hydrogen) atoms. The Morgan fingerprint density at radius 1 is 0.800 bits per heavy atom. The van der Waals surface area contributed by atoms with Gasteiger partial charge in [0.15, 0.2) is 12.2 Å². The van der Waals surface area contributed by atoms with Crippen molar-refractivity contribution < 1.29 is 43.1 Å². The van der Waals surface area contributed by atoms with E-state index < -0.39 is 36.4 Å². The van der Waals surface area contributed by atoms with Crippen LogP contribution in [0.4, 0.5) is 0 Å². The molecule has 0 spiro atoms. The SMILES string of the molecule is O=C(O)[C@@H](O)[C@@H](O)[C@H](O)[C@@H](O)C(=O)O.[Ca+2].[H-].[H-]. The van der Waals surface area contributed by atoms with E-state index in [1.165, 1.54) is 0 Å². The van der Waals surface area contributed by atoms with Gasteiger partial charge in [-0.15, -0.1) is 0 Å². The molecule has 0 aromatic carbocycles. The standard InChI is InChI=1S/C6H10O8.Ca.2H/c7-1(3(9)5(11)12)2(8)4(10)6(13)14;;;/h1-4,7-10H,(H,11,12)(H,13,14);;;/q;+2;2*-1/t1-,2-,3-,4+;;;/m0.../s1. The van der Waals surface area contributed by atoms with E-state index in [2.05, 4.69) is 0 Å². The van der Waals surface area contributed by atoms with E-state index in [-0.39, 0.29) is 40.6 Å². The molecular weight excluding hydrogens is 240 g/mol. The molecule has 0 aliphatic carbocycles. The predicted octanol–water partition coefficient (Wildman–Crippen LogP) is -3.56. The quantitative estimate of drug-likeness (QED) is 0.275. The van der Waals surface area contributed by atoms with E-state index in [9.17, 15) is 9.59 Å². The van der Waals surface area contributed by atoms with E-state index in [1.54, 1.807) is 0 Å². The van der Waals surface area contributed by atoms with Crippen LogP contribution in [0.3, 0.4) is 0 Å². The summed E-state index contributed by atoms with van der Waals surface area (Å²) in [6, 6.07) is 0. The van der Waals surface area contributed by atoms with Gasteiger partial charge in [0.2, 0.25) is 0 Å². The van der Waals surface area contributed by atoms with Crippen molar-refractivity contribution in [2.24, 2.45) is 0 Å². The van der Waals surface area contributed by atoms with Gasteiger partial charge in [-0.05, 0) is 0 Å². The smallest absolute Gasteiger partial charge is 1.00 e. The summed E-state index contributed by atoms with van der Waals surface area (Å²) >= 11 is 0. The number of carboxylic acid groups (broad SMARTS) is 2. The Labute approximate surface area is 117 Å². The van der Waals surface area contributed by atoms with Gasteiger partial charge in [-0.25, -0.2) is 9.59 Å². The Morgan fingerprint density at radius 2 is 1.00 bits per heavy atom. The minimum Gasteiger partial charge on any atom is -1.00 e. The van der Waals surface area contributed by atoms with Gasteiger partial charge in [-0.3, -0.25) is 0 Å². The van der Waals surface area contributed by atoms with Crippen molar-refractivity contribution in [3.8, 4) is 0 Å². The summed E-state index contributed by atoms with van der Waals surface area (Å²) in [7, 11) is 0. The largest absolute Gasteiger partial charge is 2.00 e. The Hall–Kier alpha value is 0.0397. The van der Waals surface area contributed by atoms with E-state index in [1.807, 2.05) is 0 Å². The topological polar surface area (TPSA) is 156 Å². The fourth-order valence-corrected chi connectivity index (χ4v) is 0.666. The number of aliphatic hydroxyl groups excluding tert-OH is 4. The number of hydrogen-bond acceptors (Lipinski definition) is 6. The van der Waals surface area contributed by atoms with Crippen LogP contribution >= 0.6 is 0 Å². The monoisotopic (exact) mass is 252 g/mol. The van der Waals surface area contributed by atoms with Crippen LogP contribution in [0.1, 0.15) is 2.85 Å². The zero-order chi connectivity index (χ0) is 11.5. The first-order chi connectivity index (χ1) is 6.29. The second kappa shape index (κ2) is 7.34. The fraction of sp³-hybridized carbons (Fsp3) is 0.667. The van der Waals surface area contributed by atoms with Gasteiger partial charge >= 0.3 is 49.7 Å². The van der Waals surface area contributed by atoms with Gasteiger partial charge in [0, 0.05) is 0 Å². The van der Waals surface area contributed by atoms with Gasteiger partial charge < -0.3 is 33.5 Å². The minimum absolute atomic E-state index is 0. The molecule has 0 aliphatic rings. The normalized spacial score (nSPS) is 18.1. The van der Waals surface area contributed by atoms with E-state index in [0.717, 1.165) is 0 Å². The summed E-state index contributed by atoms with van der Waals surface area (Å²) in [5.74, 6) is -3.68. The summed E-state index contributed by atoms with van der Waals surface area (Å²) in [5.41, 5.74) is 0. The van der Waals surface area contributed by atoms with Gasteiger partial charge in [0.25, 0.3) is 0 Å². The van der Waals surface area contributed by atoms with Crippen molar-refractivity contribution in [3.05, 3.63) is 0 Å². The molecule has 0 amide bonds. The van der Waals surface area contributed by atoms with Gasteiger partial charge in [0.1, 0.15) is 12.2 Å². The maximum atomic E-state index is 10.1. The molecule has 0 saturated carbocycles. The third kappa shape index (κ3) is 5.07. The van der Waals surface area contributed by atoms with Gasteiger partial charge in [-0.1, -0.05) is 0 Å². The summed E-state index contributed by atoms with van der Waals surface area (Å²) in [5, 5.41) is 51.5. The summed E-state index contributed by atoms with van der Waals surface area (Å²) in [4.78, 5) is 20.2. The van der Waals surface area contributed by atoms with E-state index in [0.29, 0.717) is 0 Å². The molecule has 6 N–H and O–H groups in total. The first kappa shape index (κ1) is 17.4. The van der Waals surface area contributed by atoms with Crippen LogP contribution < -0.4 is 0 Å². The van der Waals surface area contributed by atoms with Crippen molar-refractivity contribution in [3.63, 3.8) is 0 Å². The molecule has 9 heteroatoms. The number of carbonyl (C=O) groups is 2. The molecule has 0 rings (SSSR count). The zero-order valence-electron chi connectivity index (χ0n) is 9.52. The van der Waals surface area contributed by atoms with Crippen molar-refractivity contribution in [2.45, 2.75) is 24.4 Å². The summed E-state index contributed by atoms with van der Waals surface area (Å²) in [6.45, 7) is 0. The molecule has 0 saturated heterocycles. The molecule has 0 aliphatic heterocycles. The van der Waals surface area contributed by atoms with Crippen LogP contribution in [0.5, 0.6) is 0 Å². The second-order valence-electron chi connectivity index (χ2n) is 2.55. The molecule has 8 nitrogen and oxygen atoms in total. The Balaban J connectivity index is -0.000000282. The molecule has 0 aromatic heterocycles. The van der Waals surface area contributed by atoms with Crippen LogP contribution in [0, 0.1) is 0 Å². The maximum absolute atomic E-state index is 10.1. The number of carboxylic acids is 2. The van der Waals surface area contributed by atoms with Crippen molar-refractivity contribution in [2.75, 3.05) is 0 Å². The molecule has 4 atom stereocenters. The van der Waals surface area contributed by atoms with E-state index in [4.69, 9.17) is 30.6 Å². The third-order valence-electron chi connectivity index (χ3n) is 1.50. The number of aliphatic carboxylic acids is 2. The number of hydrogen-bond donors (Lipinski definition) is 6. The first-order valence-corrected chi connectivity index (χ1v) is 3.47. The van der Waals surface area contributed by atoms with Crippen LogP contribution in [0.2, 0.25) is 0 Å². The summed E-state index contributed by atoms with van der Waals surface area (Å²) < 4.78 is 0. The van der Waals surface area contributed by atoms with Gasteiger partial charge in [-0.2, -0.15) is 0 Å². The molecule has 86 valence electrons. The first-order valence-electron chi connectivity index (χ1n) is 3.47. The zero-order valence-corrected chi connectivity index (χ0v) is 9.72. The maximum Gasteiger partial charge on any atom is 2.00 e. The average molecular weight is 252 g/mol. The number of rotatable bonds is 5. The Bertz CT molecular complexity index is 216. The van der Waals surface area contributed by atoms with Crippen LogP contribution in [-0.4, -0.2) is 105 Å². The molecule has 0 heterocycles. The average Bonchev–Trinajstić information content (AvgIpc) is 2.12. The predicted molar refractivity (Wildman–Crippen MR) is 47.3 cm³/mol. The molecule has 0 fully saturated rings. The van der Waals surface area contributed by atoms with Crippen molar-refractivity contribution in [1.82, 2.24) is 0 Å². The molecular formula is C6H12CaO8. The second-order valence-corrected chi connectivity index (χ2v) is 2.55. The molecule has 0 radical (unpaired) electrons. The Morgan fingerprint density at radius 3 is 1.13 bits per heavy atom. The summed E-state index contributed by atoms with van der Waals surface area (Å²) in [6.07, 6.45) is -9.28. The Kier molecular flexibility index (Phi) is 8.53.